The summed E-state index contributed by atoms with van der Waals surface area (Å²) >= 11 is 0. The Kier molecular flexibility index (Phi) is 3.49. The molecule has 0 spiro atoms. The van der Waals surface area contributed by atoms with Gasteiger partial charge in [-0.2, -0.15) is 0 Å². The predicted molar refractivity (Wildman–Crippen MR) is 47.7 cm³/mol. The zero-order chi connectivity index (χ0) is 8.97. The normalized spacial score (nSPS) is 25.5. The fraction of sp³-hybridized carbons (Fsp3) is 0.875. The molecule has 1 heterocycles. The molecular formula is C8H17N3O. The van der Waals surface area contributed by atoms with E-state index < -0.39 is 0 Å². The Morgan fingerprint density at radius 2 is 2.50 bits per heavy atom. The zero-order valence-electron chi connectivity index (χ0n) is 7.55. The van der Waals surface area contributed by atoms with Crippen molar-refractivity contribution in [3.05, 3.63) is 0 Å². The summed E-state index contributed by atoms with van der Waals surface area (Å²) in [6.45, 7) is 5.13. The van der Waals surface area contributed by atoms with E-state index in [4.69, 9.17) is 5.73 Å². The number of nitrogens with one attached hydrogen (secondary N) is 1. The lowest BCUT2D eigenvalue weighted by atomic mass is 10.1. The number of carbonyl (C=O) groups is 1. The van der Waals surface area contributed by atoms with Crippen LogP contribution in [0.15, 0.2) is 0 Å². The fourth-order valence-electron chi connectivity index (χ4n) is 1.50. The van der Waals surface area contributed by atoms with Crippen molar-refractivity contribution in [1.82, 2.24) is 10.2 Å². The van der Waals surface area contributed by atoms with Crippen LogP contribution in [0.4, 0.5) is 0 Å². The molecule has 12 heavy (non-hydrogen) atoms. The first kappa shape index (κ1) is 9.48. The highest BCUT2D eigenvalue weighted by Gasteiger charge is 2.22. The minimum atomic E-state index is 0.126. The van der Waals surface area contributed by atoms with Crippen LogP contribution in [0, 0.1) is 0 Å². The van der Waals surface area contributed by atoms with E-state index in [2.05, 4.69) is 17.1 Å². The van der Waals surface area contributed by atoms with E-state index in [0.717, 1.165) is 19.5 Å². The van der Waals surface area contributed by atoms with Crippen LogP contribution < -0.4 is 11.1 Å². The van der Waals surface area contributed by atoms with Crippen LogP contribution in [-0.2, 0) is 4.79 Å². The van der Waals surface area contributed by atoms with E-state index in [0.29, 0.717) is 13.1 Å². The zero-order valence-corrected chi connectivity index (χ0v) is 7.55. The average Bonchev–Trinajstić information content (AvgIpc) is 2.04. The monoisotopic (exact) mass is 171 g/mol. The van der Waals surface area contributed by atoms with Gasteiger partial charge in [-0.25, -0.2) is 0 Å². The largest absolute Gasteiger partial charge is 0.351 e. The first-order valence-corrected chi connectivity index (χ1v) is 4.48. The van der Waals surface area contributed by atoms with Crippen LogP contribution in [0.25, 0.3) is 0 Å². The van der Waals surface area contributed by atoms with Crippen molar-refractivity contribution < 1.29 is 4.79 Å². The molecule has 1 unspecified atom stereocenters. The van der Waals surface area contributed by atoms with E-state index in [1.54, 1.807) is 0 Å². The highest BCUT2D eigenvalue weighted by atomic mass is 16.2. The van der Waals surface area contributed by atoms with E-state index >= 15 is 0 Å². The van der Waals surface area contributed by atoms with Crippen molar-refractivity contribution in [2.75, 3.05) is 26.2 Å². The summed E-state index contributed by atoms with van der Waals surface area (Å²) in [4.78, 5) is 13.3. The third-order valence-electron chi connectivity index (χ3n) is 2.17. The van der Waals surface area contributed by atoms with E-state index in [9.17, 15) is 4.79 Å². The van der Waals surface area contributed by atoms with Gasteiger partial charge in [-0.15, -0.1) is 0 Å². The number of likely N-dealkylation sites (N-methyl/N-ethyl adjacent to an activating group) is 1. The van der Waals surface area contributed by atoms with Crippen molar-refractivity contribution in [3.8, 4) is 0 Å². The van der Waals surface area contributed by atoms with Gasteiger partial charge in [0.2, 0.25) is 5.91 Å². The van der Waals surface area contributed by atoms with Crippen molar-refractivity contribution in [1.29, 1.82) is 0 Å². The smallest absolute Gasteiger partial charge is 0.234 e. The van der Waals surface area contributed by atoms with Crippen molar-refractivity contribution in [3.63, 3.8) is 0 Å². The van der Waals surface area contributed by atoms with Crippen LogP contribution in [0.3, 0.4) is 0 Å². The molecule has 3 N–H and O–H groups in total. The number of amides is 1. The lowest BCUT2D eigenvalue weighted by Gasteiger charge is -2.31. The minimum Gasteiger partial charge on any atom is -0.351 e. The van der Waals surface area contributed by atoms with Gasteiger partial charge < -0.3 is 11.1 Å². The maximum Gasteiger partial charge on any atom is 0.234 e. The lowest BCUT2D eigenvalue weighted by Crippen LogP contribution is -2.54. The summed E-state index contributed by atoms with van der Waals surface area (Å²) in [5.74, 6) is 0.126. The summed E-state index contributed by atoms with van der Waals surface area (Å²) in [5, 5.41) is 2.92. The number of hydrogen-bond donors (Lipinski definition) is 2. The van der Waals surface area contributed by atoms with Gasteiger partial charge in [0.1, 0.15) is 0 Å². The maximum atomic E-state index is 11.1. The number of piperazine rings is 1. The van der Waals surface area contributed by atoms with E-state index in [-0.39, 0.29) is 11.9 Å². The quantitative estimate of drug-likeness (QED) is 0.582. The highest BCUT2D eigenvalue weighted by molar-refractivity contribution is 5.79. The molecule has 0 aliphatic carbocycles. The van der Waals surface area contributed by atoms with Crippen LogP contribution in [0.1, 0.15) is 13.3 Å². The number of nitrogens with two attached hydrogens (primary N) is 1. The van der Waals surface area contributed by atoms with Crippen molar-refractivity contribution in [2.24, 2.45) is 5.73 Å². The van der Waals surface area contributed by atoms with Crippen LogP contribution in [0.5, 0.6) is 0 Å². The maximum absolute atomic E-state index is 11.1. The third kappa shape index (κ3) is 2.46. The molecule has 0 aromatic carbocycles. The Morgan fingerprint density at radius 3 is 3.08 bits per heavy atom. The summed E-state index contributed by atoms with van der Waals surface area (Å²) in [5.41, 5.74) is 5.42. The van der Waals surface area contributed by atoms with E-state index in [1.807, 2.05) is 0 Å². The van der Waals surface area contributed by atoms with Gasteiger partial charge in [-0.05, 0) is 19.5 Å². The highest BCUT2D eigenvalue weighted by Crippen LogP contribution is 2.01. The second-order valence-electron chi connectivity index (χ2n) is 3.17. The van der Waals surface area contributed by atoms with Crippen molar-refractivity contribution >= 4 is 5.91 Å². The van der Waals surface area contributed by atoms with Crippen LogP contribution in [-0.4, -0.2) is 43.0 Å². The van der Waals surface area contributed by atoms with Crippen LogP contribution in [0.2, 0.25) is 0 Å². The Morgan fingerprint density at radius 1 is 1.75 bits per heavy atom. The minimum absolute atomic E-state index is 0.126. The molecule has 0 bridgehead atoms. The molecule has 0 aromatic heterocycles. The molecular weight excluding hydrogens is 154 g/mol. The Hall–Kier alpha value is -0.610. The Balaban J connectivity index is 2.39. The van der Waals surface area contributed by atoms with Gasteiger partial charge in [0, 0.05) is 12.6 Å². The Labute approximate surface area is 73.1 Å². The second-order valence-corrected chi connectivity index (χ2v) is 3.17. The second kappa shape index (κ2) is 4.42. The molecule has 1 fully saturated rings. The van der Waals surface area contributed by atoms with E-state index in [1.165, 1.54) is 0 Å². The molecule has 1 amide bonds. The topological polar surface area (TPSA) is 58.4 Å². The first-order valence-electron chi connectivity index (χ1n) is 4.48. The Bertz CT molecular complexity index is 160. The fourth-order valence-corrected chi connectivity index (χ4v) is 1.50. The number of rotatable bonds is 3. The molecule has 4 nitrogen and oxygen atoms in total. The lowest BCUT2D eigenvalue weighted by molar-refractivity contribution is -0.125. The first-order chi connectivity index (χ1) is 5.76. The molecule has 1 atom stereocenters. The van der Waals surface area contributed by atoms with Crippen LogP contribution >= 0.6 is 0 Å². The molecule has 0 saturated carbocycles. The molecule has 4 heteroatoms. The van der Waals surface area contributed by atoms with Gasteiger partial charge in [0.15, 0.2) is 0 Å². The van der Waals surface area contributed by atoms with Crippen molar-refractivity contribution in [2.45, 2.75) is 19.4 Å². The molecule has 1 saturated heterocycles. The SMILES string of the molecule is CCN1CC(=O)NC(CCN)C1. The summed E-state index contributed by atoms with van der Waals surface area (Å²) < 4.78 is 0. The van der Waals surface area contributed by atoms with Gasteiger partial charge in [0.25, 0.3) is 0 Å². The molecule has 1 rings (SSSR count). The molecule has 70 valence electrons. The summed E-state index contributed by atoms with van der Waals surface area (Å²) in [6.07, 6.45) is 0.877. The van der Waals surface area contributed by atoms with Gasteiger partial charge in [-0.1, -0.05) is 6.92 Å². The summed E-state index contributed by atoms with van der Waals surface area (Å²) in [6, 6.07) is 0.260. The van der Waals surface area contributed by atoms with Gasteiger partial charge in [0.05, 0.1) is 6.54 Å². The standard InChI is InChI=1S/C8H17N3O/c1-2-11-5-7(3-4-9)10-8(12)6-11/h7H,2-6,9H2,1H3,(H,10,12). The molecule has 1 aliphatic rings. The number of carbonyl (C=O) groups excluding carboxylic acids is 1. The van der Waals surface area contributed by atoms with Gasteiger partial charge >= 0.3 is 0 Å². The molecule has 0 radical (unpaired) electrons. The summed E-state index contributed by atoms with van der Waals surface area (Å²) in [7, 11) is 0. The third-order valence-corrected chi connectivity index (χ3v) is 2.17. The predicted octanol–water partition coefficient (Wildman–Crippen LogP) is -0.844. The molecule has 0 aromatic rings. The number of nitrogens with zero attached hydrogens (tertiary/aromatic N) is 1. The van der Waals surface area contributed by atoms with Gasteiger partial charge in [-0.3, -0.25) is 9.69 Å². The number of hydrogen-bond acceptors (Lipinski definition) is 3. The average molecular weight is 171 g/mol. The molecule has 1 aliphatic heterocycles.